The fourth-order valence-corrected chi connectivity index (χ4v) is 3.07. The highest BCUT2D eigenvalue weighted by atomic mass is 32.1. The first-order chi connectivity index (χ1) is 8.66. The average Bonchev–Trinajstić information content (AvgIpc) is 2.87. The summed E-state index contributed by atoms with van der Waals surface area (Å²) in [5.74, 6) is 0.590. The van der Waals surface area contributed by atoms with Gasteiger partial charge >= 0.3 is 0 Å². The summed E-state index contributed by atoms with van der Waals surface area (Å²) in [6.45, 7) is 5.00. The highest BCUT2D eigenvalue weighted by molar-refractivity contribution is 7.10. The number of thiophene rings is 1. The molecule has 0 fully saturated rings. The number of aryl methyl sites for hydroxylation is 2. The number of nitrogens with two attached hydrogens (primary N) is 1. The van der Waals surface area contributed by atoms with E-state index < -0.39 is 0 Å². The third-order valence-electron chi connectivity index (χ3n) is 3.28. The molecule has 3 rings (SSSR count). The Morgan fingerprint density at radius 1 is 1.22 bits per heavy atom. The maximum Gasteiger partial charge on any atom is 0.201 e. The van der Waals surface area contributed by atoms with Gasteiger partial charge < -0.3 is 10.3 Å². The van der Waals surface area contributed by atoms with Crippen molar-refractivity contribution in [2.24, 2.45) is 0 Å². The van der Waals surface area contributed by atoms with Crippen LogP contribution in [0, 0.1) is 13.8 Å². The maximum atomic E-state index is 6.05. The van der Waals surface area contributed by atoms with Gasteiger partial charge in [0.25, 0.3) is 0 Å². The summed E-state index contributed by atoms with van der Waals surface area (Å²) in [5.41, 5.74) is 10.6. The molecule has 0 aliphatic rings. The van der Waals surface area contributed by atoms with Gasteiger partial charge in [-0.05, 0) is 42.5 Å². The summed E-state index contributed by atoms with van der Waals surface area (Å²) >= 11 is 1.77. The van der Waals surface area contributed by atoms with Crippen molar-refractivity contribution < 1.29 is 0 Å². The van der Waals surface area contributed by atoms with Gasteiger partial charge in [0.2, 0.25) is 5.95 Å². The topological polar surface area (TPSA) is 43.8 Å². The zero-order chi connectivity index (χ0) is 12.7. The summed E-state index contributed by atoms with van der Waals surface area (Å²) in [7, 11) is 0. The molecule has 92 valence electrons. The van der Waals surface area contributed by atoms with Gasteiger partial charge in [-0.1, -0.05) is 12.1 Å². The number of aromatic nitrogens is 2. The quantitative estimate of drug-likeness (QED) is 0.765. The van der Waals surface area contributed by atoms with E-state index in [0.29, 0.717) is 5.95 Å². The molecule has 0 atom stereocenters. The van der Waals surface area contributed by atoms with E-state index in [-0.39, 0.29) is 0 Å². The Morgan fingerprint density at radius 3 is 2.78 bits per heavy atom. The fraction of sp³-hybridized carbons (Fsp3) is 0.214. The zero-order valence-corrected chi connectivity index (χ0v) is 11.3. The molecule has 0 unspecified atom stereocenters. The van der Waals surface area contributed by atoms with Gasteiger partial charge in [0.05, 0.1) is 17.6 Å². The van der Waals surface area contributed by atoms with Gasteiger partial charge in [0.1, 0.15) is 0 Å². The lowest BCUT2D eigenvalue weighted by molar-refractivity contribution is 0.848. The summed E-state index contributed by atoms with van der Waals surface area (Å²) < 4.78 is 2.08. The molecule has 1 aromatic carbocycles. The smallest absolute Gasteiger partial charge is 0.201 e. The molecule has 0 bridgehead atoms. The third kappa shape index (κ3) is 1.69. The number of benzene rings is 1. The number of fused-ring (bicyclic) bond motifs is 1. The van der Waals surface area contributed by atoms with Crippen molar-refractivity contribution in [2.75, 3.05) is 5.73 Å². The van der Waals surface area contributed by atoms with Crippen molar-refractivity contribution in [1.29, 1.82) is 0 Å². The van der Waals surface area contributed by atoms with Crippen molar-refractivity contribution in [1.82, 2.24) is 9.55 Å². The average molecular weight is 257 g/mol. The van der Waals surface area contributed by atoms with Crippen molar-refractivity contribution in [3.8, 4) is 0 Å². The number of hydrogen-bond acceptors (Lipinski definition) is 3. The predicted octanol–water partition coefficient (Wildman–Crippen LogP) is 3.35. The van der Waals surface area contributed by atoms with Crippen LogP contribution in [0.2, 0.25) is 0 Å². The van der Waals surface area contributed by atoms with Crippen LogP contribution < -0.4 is 5.73 Å². The molecule has 3 nitrogen and oxygen atoms in total. The number of para-hydroxylation sites is 1. The first kappa shape index (κ1) is 11.3. The van der Waals surface area contributed by atoms with Crippen LogP contribution in [-0.2, 0) is 6.54 Å². The van der Waals surface area contributed by atoms with Crippen LogP contribution in [0.3, 0.4) is 0 Å². The molecule has 3 aromatic rings. The molecule has 4 heteroatoms. The van der Waals surface area contributed by atoms with Crippen LogP contribution in [0.5, 0.6) is 0 Å². The van der Waals surface area contributed by atoms with Gasteiger partial charge in [-0.3, -0.25) is 0 Å². The summed E-state index contributed by atoms with van der Waals surface area (Å²) in [5, 5.41) is 2.12. The molecule has 0 aliphatic heterocycles. The minimum atomic E-state index is 0.590. The van der Waals surface area contributed by atoms with Gasteiger partial charge in [-0.15, -0.1) is 11.3 Å². The van der Waals surface area contributed by atoms with E-state index in [4.69, 9.17) is 5.73 Å². The second-order valence-electron chi connectivity index (χ2n) is 4.53. The molecule has 18 heavy (non-hydrogen) atoms. The monoisotopic (exact) mass is 257 g/mol. The predicted molar refractivity (Wildman–Crippen MR) is 77.0 cm³/mol. The Bertz CT molecular complexity index is 709. The summed E-state index contributed by atoms with van der Waals surface area (Å²) in [6, 6.07) is 8.33. The fourth-order valence-electron chi connectivity index (χ4n) is 2.18. The molecular weight excluding hydrogens is 242 g/mol. The van der Waals surface area contributed by atoms with E-state index in [1.165, 1.54) is 16.0 Å². The second kappa shape index (κ2) is 4.14. The van der Waals surface area contributed by atoms with Gasteiger partial charge in [0, 0.05) is 4.88 Å². The normalized spacial score (nSPS) is 11.2. The molecule has 0 spiro atoms. The lowest BCUT2D eigenvalue weighted by Gasteiger charge is -2.06. The Hall–Kier alpha value is -1.81. The van der Waals surface area contributed by atoms with E-state index in [2.05, 4.69) is 53.0 Å². The largest absolute Gasteiger partial charge is 0.369 e. The Labute approximate surface area is 110 Å². The lowest BCUT2D eigenvalue weighted by Crippen LogP contribution is -2.04. The minimum Gasteiger partial charge on any atom is -0.369 e. The summed E-state index contributed by atoms with van der Waals surface area (Å²) in [4.78, 5) is 5.80. The Kier molecular flexibility index (Phi) is 2.59. The highest BCUT2D eigenvalue weighted by Crippen LogP contribution is 2.24. The van der Waals surface area contributed by atoms with Crippen LogP contribution in [0.1, 0.15) is 16.0 Å². The van der Waals surface area contributed by atoms with Crippen molar-refractivity contribution >= 4 is 28.3 Å². The summed E-state index contributed by atoms with van der Waals surface area (Å²) in [6.07, 6.45) is 0. The van der Waals surface area contributed by atoms with E-state index >= 15 is 0 Å². The van der Waals surface area contributed by atoms with Gasteiger partial charge in [-0.2, -0.15) is 0 Å². The Morgan fingerprint density at radius 2 is 2.06 bits per heavy atom. The molecule has 0 radical (unpaired) electrons. The number of rotatable bonds is 2. The van der Waals surface area contributed by atoms with Crippen molar-refractivity contribution in [3.05, 3.63) is 45.6 Å². The molecule has 0 saturated carbocycles. The molecular formula is C14H15N3S. The van der Waals surface area contributed by atoms with Gasteiger partial charge in [0.15, 0.2) is 0 Å². The van der Waals surface area contributed by atoms with E-state index in [9.17, 15) is 0 Å². The minimum absolute atomic E-state index is 0.590. The molecule has 0 saturated heterocycles. The van der Waals surface area contributed by atoms with Crippen LogP contribution in [0.25, 0.3) is 11.0 Å². The lowest BCUT2D eigenvalue weighted by atomic mass is 10.2. The van der Waals surface area contributed by atoms with Crippen LogP contribution in [0.4, 0.5) is 5.95 Å². The standard InChI is InChI=1S/C14H15N3S/c1-9-6-7-18-12(9)8-17-11-5-3-4-10(2)13(11)16-14(17)15/h3-7H,8H2,1-2H3,(H2,15,16). The number of imidazole rings is 1. The molecule has 0 amide bonds. The zero-order valence-electron chi connectivity index (χ0n) is 10.5. The maximum absolute atomic E-state index is 6.05. The highest BCUT2D eigenvalue weighted by Gasteiger charge is 2.11. The second-order valence-corrected chi connectivity index (χ2v) is 5.53. The number of nitrogens with zero attached hydrogens (tertiary/aromatic N) is 2. The first-order valence-electron chi connectivity index (χ1n) is 5.91. The third-order valence-corrected chi connectivity index (χ3v) is 4.29. The first-order valence-corrected chi connectivity index (χ1v) is 6.79. The number of nitrogen functional groups attached to an aromatic ring is 1. The van der Waals surface area contributed by atoms with E-state index in [0.717, 1.165) is 17.6 Å². The van der Waals surface area contributed by atoms with E-state index in [1.807, 2.05) is 0 Å². The SMILES string of the molecule is Cc1ccsc1Cn1c(N)nc2c(C)cccc21. The Balaban J connectivity index is 2.15. The molecule has 2 heterocycles. The van der Waals surface area contributed by atoms with E-state index in [1.54, 1.807) is 11.3 Å². The molecule has 2 N–H and O–H groups in total. The van der Waals surface area contributed by atoms with Gasteiger partial charge in [-0.25, -0.2) is 4.98 Å². The number of hydrogen-bond donors (Lipinski definition) is 1. The van der Waals surface area contributed by atoms with Crippen LogP contribution in [0.15, 0.2) is 29.6 Å². The van der Waals surface area contributed by atoms with Crippen molar-refractivity contribution in [3.63, 3.8) is 0 Å². The van der Waals surface area contributed by atoms with Crippen molar-refractivity contribution in [2.45, 2.75) is 20.4 Å². The number of anilines is 1. The van der Waals surface area contributed by atoms with Crippen LogP contribution in [-0.4, -0.2) is 9.55 Å². The molecule has 0 aliphatic carbocycles. The molecule has 2 aromatic heterocycles. The van der Waals surface area contributed by atoms with Crippen LogP contribution >= 0.6 is 11.3 Å².